The van der Waals surface area contributed by atoms with Crippen LogP contribution in [0.1, 0.15) is 36.2 Å². The Morgan fingerprint density at radius 3 is 2.64 bits per heavy atom. The predicted octanol–water partition coefficient (Wildman–Crippen LogP) is 4.00. The van der Waals surface area contributed by atoms with Gasteiger partial charge in [0.25, 0.3) is 5.91 Å². The number of nitrogens with zero attached hydrogens (tertiary/aromatic N) is 5. The Morgan fingerprint density at radius 2 is 2.00 bits per heavy atom. The molecule has 39 heavy (non-hydrogen) atoms. The molecule has 0 saturated carbocycles. The highest BCUT2D eigenvalue weighted by Gasteiger charge is 2.46. The van der Waals surface area contributed by atoms with Crippen LogP contribution in [0.5, 0.6) is 5.75 Å². The summed E-state index contributed by atoms with van der Waals surface area (Å²) >= 11 is 6.94. The second-order valence-corrected chi connectivity index (χ2v) is 11.8. The fourth-order valence-electron chi connectivity index (χ4n) is 6.00. The Bertz CT molecular complexity index is 1330. The number of ether oxygens (including phenoxy) is 1. The Labute approximate surface area is 234 Å². The van der Waals surface area contributed by atoms with Crippen molar-refractivity contribution in [3.8, 4) is 17.0 Å². The van der Waals surface area contributed by atoms with Crippen LogP contribution in [0.25, 0.3) is 11.3 Å². The van der Waals surface area contributed by atoms with Gasteiger partial charge in [-0.3, -0.25) is 9.59 Å². The number of likely N-dealkylation sites (N-methyl/N-ethyl adjacent to an activating group) is 1. The van der Waals surface area contributed by atoms with Crippen LogP contribution in [0.4, 0.5) is 10.2 Å². The zero-order chi connectivity index (χ0) is 28.2. The van der Waals surface area contributed by atoms with E-state index in [2.05, 4.69) is 30.2 Å². The molecule has 0 spiro atoms. The van der Waals surface area contributed by atoms with Crippen molar-refractivity contribution in [1.29, 1.82) is 0 Å². The quantitative estimate of drug-likeness (QED) is 0.531. The van der Waals surface area contributed by atoms with Crippen LogP contribution < -0.4 is 9.64 Å². The van der Waals surface area contributed by atoms with Gasteiger partial charge in [0.15, 0.2) is 5.75 Å². The fourth-order valence-corrected chi connectivity index (χ4v) is 6.28. The first-order valence-electron chi connectivity index (χ1n) is 13.2. The highest BCUT2D eigenvalue weighted by molar-refractivity contribution is 6.35. The molecular formula is C29H35ClFN5O3. The van der Waals surface area contributed by atoms with Crippen molar-refractivity contribution in [2.24, 2.45) is 0 Å². The number of hydrogen-bond acceptors (Lipinski definition) is 6. The molecule has 2 atom stereocenters. The molecule has 2 saturated heterocycles. The van der Waals surface area contributed by atoms with E-state index in [1.54, 1.807) is 28.9 Å². The third kappa shape index (κ3) is 4.65. The average Bonchev–Trinajstić information content (AvgIpc) is 3.14. The van der Waals surface area contributed by atoms with E-state index in [9.17, 15) is 9.59 Å². The minimum Gasteiger partial charge on any atom is -0.489 e. The first kappa shape index (κ1) is 27.4. The summed E-state index contributed by atoms with van der Waals surface area (Å²) in [6.07, 6.45) is 2.13. The molecule has 2 unspecified atom stereocenters. The molecule has 3 aliphatic heterocycles. The number of rotatable bonds is 4. The van der Waals surface area contributed by atoms with Gasteiger partial charge in [0.2, 0.25) is 5.91 Å². The summed E-state index contributed by atoms with van der Waals surface area (Å²) in [6, 6.07) is 4.69. The maximum absolute atomic E-state index is 15.2. The number of hydrogen-bond donors (Lipinski definition) is 0. The molecule has 1 aromatic carbocycles. The SMILES string of the molecule is C=CC(=O)N1CCN2C(=O)c3c(N4CC(N(C)C)CC4(C)C)nc(-c4c(C)cccc4F)c(Cl)c3OCC2C1. The highest BCUT2D eigenvalue weighted by atomic mass is 35.5. The maximum atomic E-state index is 15.2. The van der Waals surface area contributed by atoms with Crippen LogP contribution in [0.2, 0.25) is 5.02 Å². The molecule has 5 rings (SSSR count). The van der Waals surface area contributed by atoms with E-state index in [1.807, 2.05) is 14.1 Å². The molecule has 2 fully saturated rings. The second kappa shape index (κ2) is 10.1. The van der Waals surface area contributed by atoms with E-state index < -0.39 is 5.82 Å². The molecule has 10 heteroatoms. The van der Waals surface area contributed by atoms with Gasteiger partial charge < -0.3 is 24.3 Å². The van der Waals surface area contributed by atoms with Crippen LogP contribution in [0.15, 0.2) is 30.9 Å². The van der Waals surface area contributed by atoms with Gasteiger partial charge in [-0.1, -0.05) is 30.3 Å². The van der Waals surface area contributed by atoms with Crippen molar-refractivity contribution in [3.63, 3.8) is 0 Å². The van der Waals surface area contributed by atoms with Gasteiger partial charge in [-0.25, -0.2) is 9.37 Å². The van der Waals surface area contributed by atoms with Crippen LogP contribution >= 0.6 is 11.6 Å². The van der Waals surface area contributed by atoms with Crippen molar-refractivity contribution >= 4 is 29.2 Å². The topological polar surface area (TPSA) is 69.2 Å². The number of amides is 2. The molecule has 1 aromatic heterocycles. The molecule has 0 aliphatic carbocycles. The Balaban J connectivity index is 1.70. The number of aromatic nitrogens is 1. The number of benzene rings is 1. The summed E-state index contributed by atoms with van der Waals surface area (Å²) in [7, 11) is 4.08. The standard InChI is InChI=1S/C29H35ClFN5O3/c1-7-21(37)34-11-12-35-19(14-34)16-39-26-23(28(35)38)27(36-15-18(33(5)6)13-29(36,3)4)32-25(24(26)30)22-17(2)9-8-10-20(22)31/h7-10,18-19H,1,11-16H2,2-6H3. The van der Waals surface area contributed by atoms with E-state index in [-0.39, 0.29) is 63.6 Å². The van der Waals surface area contributed by atoms with E-state index in [1.165, 1.54) is 12.1 Å². The molecule has 0 bridgehead atoms. The summed E-state index contributed by atoms with van der Waals surface area (Å²) < 4.78 is 21.6. The first-order chi connectivity index (χ1) is 18.4. The lowest BCUT2D eigenvalue weighted by atomic mass is 9.98. The summed E-state index contributed by atoms with van der Waals surface area (Å²) in [4.78, 5) is 39.3. The number of carbonyl (C=O) groups excluding carboxylic acids is 2. The monoisotopic (exact) mass is 555 g/mol. The number of fused-ring (bicyclic) bond motifs is 2. The molecule has 2 amide bonds. The lowest BCUT2D eigenvalue weighted by Crippen LogP contribution is -2.57. The van der Waals surface area contributed by atoms with Gasteiger partial charge in [0, 0.05) is 43.3 Å². The van der Waals surface area contributed by atoms with E-state index >= 15 is 4.39 Å². The lowest BCUT2D eigenvalue weighted by molar-refractivity contribution is -0.128. The van der Waals surface area contributed by atoms with E-state index in [0.29, 0.717) is 37.6 Å². The number of halogens is 2. The van der Waals surface area contributed by atoms with Gasteiger partial charge in [0.05, 0.1) is 11.7 Å². The largest absolute Gasteiger partial charge is 0.489 e. The first-order valence-corrected chi connectivity index (χ1v) is 13.6. The van der Waals surface area contributed by atoms with Crippen molar-refractivity contribution < 1.29 is 18.7 Å². The molecule has 0 radical (unpaired) electrons. The molecule has 8 nitrogen and oxygen atoms in total. The maximum Gasteiger partial charge on any atom is 0.261 e. The smallest absolute Gasteiger partial charge is 0.261 e. The molecule has 0 N–H and O–H groups in total. The van der Waals surface area contributed by atoms with Crippen LogP contribution in [-0.4, -0.2) is 96.0 Å². The van der Waals surface area contributed by atoms with Gasteiger partial charge in [-0.15, -0.1) is 0 Å². The van der Waals surface area contributed by atoms with E-state index in [4.69, 9.17) is 21.3 Å². The Kier molecular flexibility index (Phi) is 7.09. The lowest BCUT2D eigenvalue weighted by Gasteiger charge is -2.40. The molecule has 208 valence electrons. The van der Waals surface area contributed by atoms with Crippen molar-refractivity contribution in [3.05, 3.63) is 52.8 Å². The fraction of sp³-hybridized carbons (Fsp3) is 0.483. The second-order valence-electron chi connectivity index (χ2n) is 11.4. The summed E-state index contributed by atoms with van der Waals surface area (Å²) in [5.74, 6) is -0.224. The average molecular weight is 556 g/mol. The van der Waals surface area contributed by atoms with Gasteiger partial charge in [-0.05, 0) is 59.0 Å². The summed E-state index contributed by atoms with van der Waals surface area (Å²) in [6.45, 7) is 11.5. The molecular weight excluding hydrogens is 521 g/mol. The minimum absolute atomic E-state index is 0.107. The highest BCUT2D eigenvalue weighted by Crippen LogP contribution is 2.47. The number of aryl methyl sites for hydroxylation is 1. The predicted molar refractivity (Wildman–Crippen MR) is 150 cm³/mol. The molecule has 3 aliphatic rings. The van der Waals surface area contributed by atoms with Crippen LogP contribution in [-0.2, 0) is 4.79 Å². The van der Waals surface area contributed by atoms with Crippen molar-refractivity contribution in [1.82, 2.24) is 19.7 Å². The normalized spacial score (nSPS) is 22.4. The van der Waals surface area contributed by atoms with Crippen molar-refractivity contribution in [2.75, 3.05) is 51.8 Å². The number of anilines is 1. The zero-order valence-electron chi connectivity index (χ0n) is 23.1. The Morgan fingerprint density at radius 1 is 1.26 bits per heavy atom. The van der Waals surface area contributed by atoms with E-state index in [0.717, 1.165) is 6.42 Å². The molecule has 4 heterocycles. The van der Waals surface area contributed by atoms with Crippen LogP contribution in [0, 0.1) is 12.7 Å². The van der Waals surface area contributed by atoms with Crippen molar-refractivity contribution in [2.45, 2.75) is 44.8 Å². The third-order valence-corrected chi connectivity index (χ3v) is 8.59. The number of piperazine rings is 1. The van der Waals surface area contributed by atoms with Gasteiger partial charge in [0.1, 0.15) is 28.8 Å². The number of carbonyl (C=O) groups is 2. The summed E-state index contributed by atoms with van der Waals surface area (Å²) in [5.41, 5.74) is 1.16. The number of pyridine rings is 1. The summed E-state index contributed by atoms with van der Waals surface area (Å²) in [5, 5.41) is 0.107. The Hall–Kier alpha value is -3.17. The van der Waals surface area contributed by atoms with Gasteiger partial charge >= 0.3 is 0 Å². The zero-order valence-corrected chi connectivity index (χ0v) is 23.9. The van der Waals surface area contributed by atoms with Gasteiger partial charge in [-0.2, -0.15) is 0 Å². The minimum atomic E-state index is -0.446. The molecule has 2 aromatic rings. The third-order valence-electron chi connectivity index (χ3n) is 8.24. The van der Waals surface area contributed by atoms with Crippen LogP contribution in [0.3, 0.4) is 0 Å².